The predicted octanol–water partition coefficient (Wildman–Crippen LogP) is 2.27. The van der Waals surface area contributed by atoms with Gasteiger partial charge < -0.3 is 9.84 Å². The molecule has 1 aromatic carbocycles. The Morgan fingerprint density at radius 2 is 2.25 bits per heavy atom. The standard InChI is InChI=1S/C14H17N3O3/c1-3-6-17-13(15-9-16-17)8-20-12-5-4-11(14(18)19)7-10(12)2/h4-5,7,9H,3,6,8H2,1-2H3,(H,18,19). The molecule has 0 bridgehead atoms. The fourth-order valence-corrected chi connectivity index (χ4v) is 1.89. The minimum absolute atomic E-state index is 0.254. The third-order valence-electron chi connectivity index (χ3n) is 2.91. The molecule has 0 aliphatic rings. The highest BCUT2D eigenvalue weighted by atomic mass is 16.5. The van der Waals surface area contributed by atoms with Gasteiger partial charge in [-0.2, -0.15) is 5.10 Å². The van der Waals surface area contributed by atoms with Crippen molar-refractivity contribution in [1.29, 1.82) is 0 Å². The van der Waals surface area contributed by atoms with Crippen LogP contribution in [0.2, 0.25) is 0 Å². The van der Waals surface area contributed by atoms with Crippen LogP contribution in [0.5, 0.6) is 5.75 Å². The molecule has 0 fully saturated rings. The Balaban J connectivity index is 2.07. The lowest BCUT2D eigenvalue weighted by atomic mass is 10.1. The highest BCUT2D eigenvalue weighted by Crippen LogP contribution is 2.20. The minimum atomic E-state index is -0.942. The predicted molar refractivity (Wildman–Crippen MR) is 72.8 cm³/mol. The number of hydrogen-bond acceptors (Lipinski definition) is 4. The van der Waals surface area contributed by atoms with Gasteiger partial charge in [0.2, 0.25) is 0 Å². The Bertz CT molecular complexity index is 607. The molecule has 6 heteroatoms. The Labute approximate surface area is 117 Å². The topological polar surface area (TPSA) is 77.2 Å². The number of carboxylic acid groups (broad SMARTS) is 1. The maximum atomic E-state index is 10.9. The minimum Gasteiger partial charge on any atom is -0.485 e. The first-order valence-electron chi connectivity index (χ1n) is 6.45. The summed E-state index contributed by atoms with van der Waals surface area (Å²) >= 11 is 0. The number of aryl methyl sites for hydroxylation is 2. The van der Waals surface area contributed by atoms with Crippen molar-refractivity contribution in [3.8, 4) is 5.75 Å². The van der Waals surface area contributed by atoms with Gasteiger partial charge in [0.1, 0.15) is 18.7 Å². The smallest absolute Gasteiger partial charge is 0.335 e. The number of aromatic nitrogens is 3. The number of aromatic carboxylic acids is 1. The molecule has 2 aromatic rings. The fourth-order valence-electron chi connectivity index (χ4n) is 1.89. The van der Waals surface area contributed by atoms with Gasteiger partial charge in [-0.3, -0.25) is 0 Å². The lowest BCUT2D eigenvalue weighted by molar-refractivity contribution is 0.0696. The van der Waals surface area contributed by atoms with Crippen LogP contribution in [0.4, 0.5) is 0 Å². The van der Waals surface area contributed by atoms with Crippen LogP contribution in [0.25, 0.3) is 0 Å². The Kier molecular flexibility index (Phi) is 4.34. The number of benzene rings is 1. The number of carboxylic acids is 1. The van der Waals surface area contributed by atoms with Crippen molar-refractivity contribution in [1.82, 2.24) is 14.8 Å². The summed E-state index contributed by atoms with van der Waals surface area (Å²) < 4.78 is 7.49. The normalized spacial score (nSPS) is 10.5. The largest absolute Gasteiger partial charge is 0.485 e. The molecule has 0 aliphatic heterocycles. The maximum absolute atomic E-state index is 10.9. The third kappa shape index (κ3) is 3.14. The van der Waals surface area contributed by atoms with Gasteiger partial charge in [-0.05, 0) is 37.1 Å². The van der Waals surface area contributed by atoms with Crippen LogP contribution in [0, 0.1) is 6.92 Å². The van der Waals surface area contributed by atoms with E-state index in [2.05, 4.69) is 17.0 Å². The molecule has 20 heavy (non-hydrogen) atoms. The van der Waals surface area contributed by atoms with E-state index in [1.807, 2.05) is 6.92 Å². The van der Waals surface area contributed by atoms with E-state index in [0.29, 0.717) is 12.4 Å². The zero-order valence-electron chi connectivity index (χ0n) is 11.5. The van der Waals surface area contributed by atoms with Gasteiger partial charge in [-0.1, -0.05) is 6.92 Å². The van der Waals surface area contributed by atoms with Crippen molar-refractivity contribution >= 4 is 5.97 Å². The molecular weight excluding hydrogens is 258 g/mol. The third-order valence-corrected chi connectivity index (χ3v) is 2.91. The van der Waals surface area contributed by atoms with E-state index in [1.165, 1.54) is 12.4 Å². The van der Waals surface area contributed by atoms with Gasteiger partial charge in [0.25, 0.3) is 0 Å². The van der Waals surface area contributed by atoms with Gasteiger partial charge in [-0.15, -0.1) is 0 Å². The summed E-state index contributed by atoms with van der Waals surface area (Å²) in [6, 6.07) is 4.79. The van der Waals surface area contributed by atoms with E-state index in [1.54, 1.807) is 16.8 Å². The first-order valence-corrected chi connectivity index (χ1v) is 6.45. The van der Waals surface area contributed by atoms with Crippen LogP contribution in [0.15, 0.2) is 24.5 Å². The van der Waals surface area contributed by atoms with Crippen LogP contribution in [-0.2, 0) is 13.2 Å². The van der Waals surface area contributed by atoms with Crippen molar-refractivity contribution in [2.24, 2.45) is 0 Å². The number of carbonyl (C=O) groups is 1. The average molecular weight is 275 g/mol. The van der Waals surface area contributed by atoms with Crippen molar-refractivity contribution < 1.29 is 14.6 Å². The quantitative estimate of drug-likeness (QED) is 0.875. The Morgan fingerprint density at radius 3 is 2.90 bits per heavy atom. The maximum Gasteiger partial charge on any atom is 0.335 e. The molecule has 0 unspecified atom stereocenters. The van der Waals surface area contributed by atoms with Crippen molar-refractivity contribution in [2.45, 2.75) is 33.4 Å². The number of nitrogens with zero attached hydrogens (tertiary/aromatic N) is 3. The molecule has 6 nitrogen and oxygen atoms in total. The molecule has 0 saturated heterocycles. The SMILES string of the molecule is CCCn1ncnc1COc1ccc(C(=O)O)cc1C. The zero-order valence-corrected chi connectivity index (χ0v) is 11.5. The number of ether oxygens (including phenoxy) is 1. The van der Waals surface area contributed by atoms with E-state index in [-0.39, 0.29) is 5.56 Å². The monoisotopic (exact) mass is 275 g/mol. The van der Waals surface area contributed by atoms with Gasteiger partial charge in [0.15, 0.2) is 5.82 Å². The summed E-state index contributed by atoms with van der Waals surface area (Å²) in [6.45, 7) is 5.00. The Morgan fingerprint density at radius 1 is 1.45 bits per heavy atom. The second-order valence-corrected chi connectivity index (χ2v) is 4.47. The molecule has 0 radical (unpaired) electrons. The van der Waals surface area contributed by atoms with E-state index >= 15 is 0 Å². The highest BCUT2D eigenvalue weighted by molar-refractivity contribution is 5.88. The highest BCUT2D eigenvalue weighted by Gasteiger charge is 2.08. The van der Waals surface area contributed by atoms with Gasteiger partial charge in [0.05, 0.1) is 5.56 Å². The zero-order chi connectivity index (χ0) is 14.5. The summed E-state index contributed by atoms with van der Waals surface area (Å²) in [5.41, 5.74) is 1.04. The summed E-state index contributed by atoms with van der Waals surface area (Å²) in [5.74, 6) is 0.469. The summed E-state index contributed by atoms with van der Waals surface area (Å²) in [6.07, 6.45) is 2.48. The molecule has 1 N–H and O–H groups in total. The van der Waals surface area contributed by atoms with E-state index < -0.39 is 5.97 Å². The molecule has 2 rings (SSSR count). The second-order valence-electron chi connectivity index (χ2n) is 4.47. The summed E-state index contributed by atoms with van der Waals surface area (Å²) in [5, 5.41) is 13.0. The molecule has 0 amide bonds. The number of hydrogen-bond donors (Lipinski definition) is 1. The molecular formula is C14H17N3O3. The van der Waals surface area contributed by atoms with Crippen LogP contribution < -0.4 is 4.74 Å². The first kappa shape index (κ1) is 14.0. The lowest BCUT2D eigenvalue weighted by Gasteiger charge is -2.10. The van der Waals surface area contributed by atoms with Gasteiger partial charge in [0, 0.05) is 6.54 Å². The molecule has 1 aromatic heterocycles. The van der Waals surface area contributed by atoms with Crippen LogP contribution in [0.3, 0.4) is 0 Å². The van der Waals surface area contributed by atoms with Gasteiger partial charge >= 0.3 is 5.97 Å². The summed E-state index contributed by atoms with van der Waals surface area (Å²) in [7, 11) is 0. The van der Waals surface area contributed by atoms with Gasteiger partial charge in [-0.25, -0.2) is 14.5 Å². The Hall–Kier alpha value is -2.37. The molecule has 106 valence electrons. The fraction of sp³-hybridized carbons (Fsp3) is 0.357. The average Bonchev–Trinajstić information content (AvgIpc) is 2.85. The number of rotatable bonds is 6. The molecule has 1 heterocycles. The van der Waals surface area contributed by atoms with Crippen LogP contribution >= 0.6 is 0 Å². The van der Waals surface area contributed by atoms with Crippen molar-refractivity contribution in [2.75, 3.05) is 0 Å². The molecule has 0 spiro atoms. The lowest BCUT2D eigenvalue weighted by Crippen LogP contribution is -2.09. The molecule has 0 saturated carbocycles. The van der Waals surface area contributed by atoms with E-state index in [9.17, 15) is 4.79 Å². The van der Waals surface area contributed by atoms with E-state index in [0.717, 1.165) is 24.4 Å². The van der Waals surface area contributed by atoms with Crippen LogP contribution in [-0.4, -0.2) is 25.8 Å². The first-order chi connectivity index (χ1) is 9.61. The second kappa shape index (κ2) is 6.18. The van der Waals surface area contributed by atoms with E-state index in [4.69, 9.17) is 9.84 Å². The van der Waals surface area contributed by atoms with Crippen molar-refractivity contribution in [3.63, 3.8) is 0 Å². The van der Waals surface area contributed by atoms with Crippen molar-refractivity contribution in [3.05, 3.63) is 41.5 Å². The molecule has 0 aliphatic carbocycles. The molecule has 0 atom stereocenters. The van der Waals surface area contributed by atoms with Crippen LogP contribution in [0.1, 0.15) is 35.1 Å². The summed E-state index contributed by atoms with van der Waals surface area (Å²) in [4.78, 5) is 15.0.